The Hall–Kier alpha value is -3.09. The zero-order chi connectivity index (χ0) is 16.1. The third-order valence-electron chi connectivity index (χ3n) is 4.16. The molecule has 3 aromatic rings. The Morgan fingerprint density at radius 2 is 1.83 bits per heavy atom. The van der Waals surface area contributed by atoms with Crippen molar-refractivity contribution in [3.8, 4) is 0 Å². The van der Waals surface area contributed by atoms with Crippen LogP contribution in [0.1, 0.15) is 5.56 Å². The predicted molar refractivity (Wildman–Crippen MR) is 88.3 cm³/mol. The summed E-state index contributed by atoms with van der Waals surface area (Å²) < 4.78 is 4.29. The number of nitrogens with one attached hydrogen (secondary N) is 1. The quantitative estimate of drug-likeness (QED) is 0.725. The normalized spacial score (nSPS) is 13.6. The Morgan fingerprint density at radius 1 is 1.09 bits per heavy atom. The number of hydrogen-bond donors (Lipinski definition) is 1. The van der Waals surface area contributed by atoms with Gasteiger partial charge < -0.3 is 9.88 Å². The fraction of sp³-hybridized carbons (Fsp3) is 0.188. The van der Waals surface area contributed by atoms with Gasteiger partial charge in [-0.15, -0.1) is 0 Å². The molecule has 0 saturated heterocycles. The molecule has 2 aromatic heterocycles. The van der Waals surface area contributed by atoms with Gasteiger partial charge >= 0.3 is 5.69 Å². The predicted octanol–water partition coefficient (Wildman–Crippen LogP) is 0.900. The number of fused-ring (bicyclic) bond motifs is 3. The highest BCUT2D eigenvalue weighted by Crippen LogP contribution is 2.25. The van der Waals surface area contributed by atoms with Crippen LogP contribution < -0.4 is 16.6 Å². The molecule has 7 heteroatoms. The largest absolute Gasteiger partial charge is 0.332 e. The Morgan fingerprint density at radius 3 is 2.57 bits per heavy atom. The van der Waals surface area contributed by atoms with E-state index in [1.165, 1.54) is 11.6 Å². The van der Waals surface area contributed by atoms with Crippen molar-refractivity contribution in [2.24, 2.45) is 14.1 Å². The van der Waals surface area contributed by atoms with E-state index in [1.807, 2.05) is 36.4 Å². The molecule has 0 bridgehead atoms. The molecule has 4 rings (SSSR count). The zero-order valence-electron chi connectivity index (χ0n) is 12.8. The molecule has 1 aliphatic rings. The van der Waals surface area contributed by atoms with Crippen molar-refractivity contribution in [2.45, 2.75) is 6.54 Å². The van der Waals surface area contributed by atoms with Crippen molar-refractivity contribution in [2.75, 3.05) is 5.32 Å². The molecule has 0 unspecified atom stereocenters. The smallest absolute Gasteiger partial charge is 0.325 e. The molecule has 0 aliphatic carbocycles. The van der Waals surface area contributed by atoms with Crippen LogP contribution in [-0.4, -0.2) is 18.7 Å². The van der Waals surface area contributed by atoms with E-state index in [0.717, 1.165) is 15.8 Å². The van der Waals surface area contributed by atoms with Crippen molar-refractivity contribution in [3.63, 3.8) is 0 Å². The zero-order valence-corrected chi connectivity index (χ0v) is 12.8. The third kappa shape index (κ3) is 1.86. The molecule has 116 valence electrons. The minimum atomic E-state index is -0.380. The molecule has 0 fully saturated rings. The van der Waals surface area contributed by atoms with Gasteiger partial charge in [0.05, 0.1) is 0 Å². The van der Waals surface area contributed by atoms with E-state index in [1.54, 1.807) is 11.6 Å². The SMILES string of the molecule is Cn1c(=O)c2c(nc3n2CC=C(c2ccccc2)N3)n(C)c1=O. The summed E-state index contributed by atoms with van der Waals surface area (Å²) in [7, 11) is 3.10. The van der Waals surface area contributed by atoms with Gasteiger partial charge in [-0.2, -0.15) is 4.98 Å². The number of allylic oxidation sites excluding steroid dienone is 1. The molecule has 1 aromatic carbocycles. The number of imidazole rings is 1. The van der Waals surface area contributed by atoms with E-state index in [4.69, 9.17) is 0 Å². The van der Waals surface area contributed by atoms with Crippen LogP contribution >= 0.6 is 0 Å². The van der Waals surface area contributed by atoms with Crippen LogP contribution in [0.15, 0.2) is 46.0 Å². The Bertz CT molecular complexity index is 1070. The first-order valence-electron chi connectivity index (χ1n) is 7.27. The first-order valence-corrected chi connectivity index (χ1v) is 7.27. The van der Waals surface area contributed by atoms with Gasteiger partial charge in [-0.05, 0) is 11.6 Å². The monoisotopic (exact) mass is 309 g/mol. The fourth-order valence-corrected chi connectivity index (χ4v) is 2.88. The Kier molecular flexibility index (Phi) is 2.77. The summed E-state index contributed by atoms with van der Waals surface area (Å²) in [5.41, 5.74) is 2.10. The second-order valence-corrected chi connectivity index (χ2v) is 5.53. The topological polar surface area (TPSA) is 73.8 Å². The highest BCUT2D eigenvalue weighted by Gasteiger charge is 2.21. The van der Waals surface area contributed by atoms with Gasteiger partial charge in [0.25, 0.3) is 5.56 Å². The molecule has 1 N–H and O–H groups in total. The minimum absolute atomic E-state index is 0.333. The summed E-state index contributed by atoms with van der Waals surface area (Å²) in [6.07, 6.45) is 2.01. The van der Waals surface area contributed by atoms with Gasteiger partial charge in [0.2, 0.25) is 5.95 Å². The first kappa shape index (κ1) is 13.6. The minimum Gasteiger partial charge on any atom is -0.325 e. The van der Waals surface area contributed by atoms with Gasteiger partial charge in [-0.1, -0.05) is 30.3 Å². The van der Waals surface area contributed by atoms with Crippen LogP contribution in [0.3, 0.4) is 0 Å². The van der Waals surface area contributed by atoms with E-state index < -0.39 is 0 Å². The van der Waals surface area contributed by atoms with Crippen LogP contribution in [0, 0.1) is 0 Å². The van der Waals surface area contributed by atoms with Crippen molar-refractivity contribution in [3.05, 3.63) is 62.8 Å². The molecule has 1 aliphatic heterocycles. The fourth-order valence-electron chi connectivity index (χ4n) is 2.88. The average molecular weight is 309 g/mol. The molecular formula is C16H15N5O2. The second kappa shape index (κ2) is 4.70. The Balaban J connectivity index is 1.92. The lowest BCUT2D eigenvalue weighted by Gasteiger charge is -2.17. The molecule has 3 heterocycles. The highest BCUT2D eigenvalue weighted by atomic mass is 16.2. The van der Waals surface area contributed by atoms with Gasteiger partial charge in [0.15, 0.2) is 11.2 Å². The lowest BCUT2D eigenvalue weighted by molar-refractivity contribution is 0.703. The summed E-state index contributed by atoms with van der Waals surface area (Å²) in [4.78, 5) is 28.9. The molecule has 23 heavy (non-hydrogen) atoms. The van der Waals surface area contributed by atoms with Crippen molar-refractivity contribution < 1.29 is 0 Å². The maximum Gasteiger partial charge on any atom is 0.332 e. The molecule has 0 amide bonds. The summed E-state index contributed by atoms with van der Waals surface area (Å²) >= 11 is 0. The summed E-state index contributed by atoms with van der Waals surface area (Å²) in [6, 6.07) is 9.91. The van der Waals surface area contributed by atoms with Crippen LogP contribution in [0.5, 0.6) is 0 Å². The summed E-state index contributed by atoms with van der Waals surface area (Å²) in [6.45, 7) is 0.524. The average Bonchev–Trinajstić information content (AvgIpc) is 2.97. The van der Waals surface area contributed by atoms with E-state index >= 15 is 0 Å². The van der Waals surface area contributed by atoms with Gasteiger partial charge in [0, 0.05) is 26.3 Å². The van der Waals surface area contributed by atoms with E-state index in [2.05, 4.69) is 10.3 Å². The summed E-state index contributed by atoms with van der Waals surface area (Å²) in [5, 5.41) is 3.25. The molecule has 7 nitrogen and oxygen atoms in total. The third-order valence-corrected chi connectivity index (χ3v) is 4.16. The van der Waals surface area contributed by atoms with Crippen molar-refractivity contribution >= 4 is 22.8 Å². The second-order valence-electron chi connectivity index (χ2n) is 5.53. The van der Waals surface area contributed by atoms with Crippen LogP contribution in [0.4, 0.5) is 5.95 Å². The number of benzene rings is 1. The van der Waals surface area contributed by atoms with E-state index in [9.17, 15) is 9.59 Å². The van der Waals surface area contributed by atoms with E-state index in [0.29, 0.717) is 23.7 Å². The standard InChI is InChI=1S/C16H15N5O2/c1-19-13-12(14(22)20(2)16(19)23)21-9-8-11(17-15(21)18-13)10-6-4-3-5-7-10/h3-8H,9H2,1-2H3,(H,17,18). The van der Waals surface area contributed by atoms with Crippen LogP contribution in [0.25, 0.3) is 16.9 Å². The number of aryl methyl sites for hydroxylation is 1. The first-order chi connectivity index (χ1) is 11.1. The van der Waals surface area contributed by atoms with Gasteiger partial charge in [0.1, 0.15) is 0 Å². The Labute approximate surface area is 131 Å². The van der Waals surface area contributed by atoms with Gasteiger partial charge in [-0.3, -0.25) is 13.9 Å². The number of aromatic nitrogens is 4. The lowest BCUT2D eigenvalue weighted by atomic mass is 10.1. The number of hydrogen-bond acceptors (Lipinski definition) is 4. The molecular weight excluding hydrogens is 294 g/mol. The van der Waals surface area contributed by atoms with Crippen molar-refractivity contribution in [1.82, 2.24) is 18.7 Å². The molecule has 0 radical (unpaired) electrons. The van der Waals surface area contributed by atoms with Crippen LogP contribution in [-0.2, 0) is 20.6 Å². The lowest BCUT2D eigenvalue weighted by Crippen LogP contribution is -2.37. The maximum atomic E-state index is 12.4. The molecule has 0 atom stereocenters. The van der Waals surface area contributed by atoms with E-state index in [-0.39, 0.29) is 11.2 Å². The van der Waals surface area contributed by atoms with Crippen LogP contribution in [0.2, 0.25) is 0 Å². The highest BCUT2D eigenvalue weighted by molar-refractivity contribution is 5.82. The molecule has 0 spiro atoms. The summed E-state index contributed by atoms with van der Waals surface area (Å²) in [5.74, 6) is 0.569. The molecule has 0 saturated carbocycles. The maximum absolute atomic E-state index is 12.4. The van der Waals surface area contributed by atoms with Crippen molar-refractivity contribution in [1.29, 1.82) is 0 Å². The number of rotatable bonds is 1. The number of anilines is 1. The van der Waals surface area contributed by atoms with Gasteiger partial charge in [-0.25, -0.2) is 4.79 Å². The number of nitrogens with zero attached hydrogens (tertiary/aromatic N) is 4.